The van der Waals surface area contributed by atoms with Gasteiger partial charge in [0.05, 0.1) is 0 Å². The molecule has 0 spiro atoms. The van der Waals surface area contributed by atoms with Gasteiger partial charge >= 0.3 is 6.61 Å². The summed E-state index contributed by atoms with van der Waals surface area (Å²) in [6.45, 7) is -0.621. The van der Waals surface area contributed by atoms with Crippen molar-refractivity contribution in [2.45, 2.75) is 84.2 Å². The highest BCUT2D eigenvalue weighted by atomic mass is 19.3. The number of hydrogen-bond acceptors (Lipinski definition) is 2. The number of alkyl halides is 2. The van der Waals surface area contributed by atoms with E-state index in [1.807, 2.05) is 0 Å². The summed E-state index contributed by atoms with van der Waals surface area (Å²) in [5.41, 5.74) is 0.0557. The Morgan fingerprint density at radius 3 is 1.91 bits per heavy atom. The van der Waals surface area contributed by atoms with Gasteiger partial charge in [0.15, 0.2) is 11.6 Å². The first-order chi connectivity index (χ1) is 16.9. The molecule has 0 unspecified atom stereocenters. The molecule has 2 aliphatic carbocycles. The minimum atomic E-state index is -2.92. The molecule has 0 heterocycles. The van der Waals surface area contributed by atoms with E-state index < -0.39 is 18.2 Å². The van der Waals surface area contributed by atoms with Crippen molar-refractivity contribution >= 4 is 0 Å². The molecule has 0 N–H and O–H groups in total. The van der Waals surface area contributed by atoms with Crippen molar-refractivity contribution in [3.63, 3.8) is 0 Å². The molecule has 0 saturated heterocycles. The first kappa shape index (κ1) is 25.8. The van der Waals surface area contributed by atoms with Crippen molar-refractivity contribution in [1.82, 2.24) is 0 Å². The van der Waals surface area contributed by atoms with Gasteiger partial charge in [-0.15, -0.1) is 0 Å². The molecule has 0 atom stereocenters. The number of rotatable bonds is 9. The van der Waals surface area contributed by atoms with Crippen LogP contribution in [0.25, 0.3) is 0 Å². The van der Waals surface area contributed by atoms with Crippen LogP contribution in [-0.4, -0.2) is 6.61 Å². The lowest BCUT2D eigenvalue weighted by molar-refractivity contribution is -0.0498. The number of halogens is 4. The van der Waals surface area contributed by atoms with Crippen LogP contribution in [0, 0.1) is 35.3 Å². The van der Waals surface area contributed by atoms with Crippen molar-refractivity contribution in [3.05, 3.63) is 53.6 Å². The highest BCUT2D eigenvalue weighted by molar-refractivity contribution is 5.38. The molecular weight excluding hydrogens is 456 g/mol. The van der Waals surface area contributed by atoms with Gasteiger partial charge in [0, 0.05) is 5.56 Å². The molecule has 2 aliphatic rings. The van der Waals surface area contributed by atoms with Gasteiger partial charge in [-0.05, 0) is 98.6 Å². The van der Waals surface area contributed by atoms with Gasteiger partial charge in [-0.25, -0.2) is 8.78 Å². The summed E-state index contributed by atoms with van der Waals surface area (Å²) in [7, 11) is 0. The summed E-state index contributed by atoms with van der Waals surface area (Å²) in [6.07, 6.45) is 12.7. The second kappa shape index (κ2) is 12.1. The topological polar surface area (TPSA) is 18.5 Å². The van der Waals surface area contributed by atoms with Crippen LogP contribution in [0.4, 0.5) is 17.6 Å². The second-order valence-electron chi connectivity index (χ2n) is 10.3. The normalized spacial score (nSPS) is 25.0. The van der Waals surface area contributed by atoms with Crippen molar-refractivity contribution < 1.29 is 27.0 Å². The third-order valence-corrected chi connectivity index (χ3v) is 8.26. The molecule has 0 aliphatic heterocycles. The zero-order valence-corrected chi connectivity index (χ0v) is 20.5. The smallest absolute Gasteiger partial charge is 0.387 e. The van der Waals surface area contributed by atoms with Gasteiger partial charge in [-0.1, -0.05) is 39.0 Å². The molecule has 6 heteroatoms. The summed E-state index contributed by atoms with van der Waals surface area (Å²) < 4.78 is 64.1. The summed E-state index contributed by atoms with van der Waals surface area (Å²) in [6, 6.07) is 7.94. The van der Waals surface area contributed by atoms with Gasteiger partial charge in [-0.3, -0.25) is 0 Å². The Morgan fingerprint density at radius 1 is 0.771 bits per heavy atom. The average Bonchev–Trinajstić information content (AvgIpc) is 2.87. The zero-order chi connectivity index (χ0) is 24.8. The van der Waals surface area contributed by atoms with E-state index in [1.165, 1.54) is 81.3 Å². The Hall–Kier alpha value is -2.24. The van der Waals surface area contributed by atoms with E-state index >= 15 is 4.39 Å². The van der Waals surface area contributed by atoms with E-state index in [2.05, 4.69) is 11.7 Å². The summed E-state index contributed by atoms with van der Waals surface area (Å²) in [4.78, 5) is 0. The lowest BCUT2D eigenvalue weighted by Crippen LogP contribution is -2.26. The molecule has 2 aromatic rings. The molecule has 0 amide bonds. The lowest BCUT2D eigenvalue weighted by Gasteiger charge is -2.37. The standard InChI is InChI=1S/C29H36F4O2/c1-2-19-3-8-21(9-4-19)22-10-5-20(6-11-22)7-16-25-26(30)17-18-27(28(25)31)34-23-12-14-24(15-13-23)35-29(32)33/h12-15,17-22,29H,2-11,16H2,1H3. The van der Waals surface area contributed by atoms with Crippen LogP contribution in [0.3, 0.4) is 0 Å². The molecule has 2 nitrogen and oxygen atoms in total. The summed E-state index contributed by atoms with van der Waals surface area (Å²) in [5.74, 6) is 2.04. The van der Waals surface area contributed by atoms with Crippen molar-refractivity contribution in [2.75, 3.05) is 0 Å². The molecule has 0 bridgehead atoms. The predicted molar refractivity (Wildman–Crippen MR) is 129 cm³/mol. The van der Waals surface area contributed by atoms with Crippen LogP contribution in [0.1, 0.15) is 76.7 Å². The third kappa shape index (κ3) is 6.92. The molecular formula is C29H36F4O2. The van der Waals surface area contributed by atoms with E-state index in [4.69, 9.17) is 4.74 Å². The summed E-state index contributed by atoms with van der Waals surface area (Å²) in [5, 5.41) is 0. The maximum atomic E-state index is 15.1. The lowest BCUT2D eigenvalue weighted by atomic mass is 9.68. The first-order valence-electron chi connectivity index (χ1n) is 13.1. The van der Waals surface area contributed by atoms with Gasteiger partial charge in [0.2, 0.25) is 0 Å². The van der Waals surface area contributed by atoms with Crippen LogP contribution >= 0.6 is 0 Å². The third-order valence-electron chi connectivity index (χ3n) is 8.26. The van der Waals surface area contributed by atoms with Gasteiger partial charge in [-0.2, -0.15) is 8.78 Å². The molecule has 2 aromatic carbocycles. The summed E-state index contributed by atoms with van der Waals surface area (Å²) >= 11 is 0. The Morgan fingerprint density at radius 2 is 1.34 bits per heavy atom. The minimum absolute atomic E-state index is 0.0176. The van der Waals surface area contributed by atoms with Crippen molar-refractivity contribution in [2.24, 2.45) is 23.7 Å². The monoisotopic (exact) mass is 492 g/mol. The predicted octanol–water partition coefficient (Wildman–Crippen LogP) is 9.31. The van der Waals surface area contributed by atoms with Gasteiger partial charge in [0.1, 0.15) is 17.3 Å². The zero-order valence-electron chi connectivity index (χ0n) is 20.5. The quantitative estimate of drug-likeness (QED) is 0.325. The Balaban J connectivity index is 1.29. The molecule has 0 aromatic heterocycles. The first-order valence-corrected chi connectivity index (χ1v) is 13.1. The highest BCUT2D eigenvalue weighted by Gasteiger charge is 2.30. The van der Waals surface area contributed by atoms with E-state index in [0.717, 1.165) is 37.0 Å². The van der Waals surface area contributed by atoms with Crippen LogP contribution in [0.15, 0.2) is 36.4 Å². The van der Waals surface area contributed by atoms with E-state index in [0.29, 0.717) is 12.3 Å². The fraction of sp³-hybridized carbons (Fsp3) is 0.586. The van der Waals surface area contributed by atoms with Gasteiger partial charge < -0.3 is 9.47 Å². The maximum Gasteiger partial charge on any atom is 0.387 e. The number of benzene rings is 2. The number of hydrogen-bond donors (Lipinski definition) is 0. The fourth-order valence-electron chi connectivity index (χ4n) is 6.06. The van der Waals surface area contributed by atoms with Crippen molar-refractivity contribution in [1.29, 1.82) is 0 Å². The van der Waals surface area contributed by atoms with E-state index in [-0.39, 0.29) is 22.8 Å². The van der Waals surface area contributed by atoms with Crippen LogP contribution < -0.4 is 9.47 Å². The molecule has 0 radical (unpaired) electrons. The van der Waals surface area contributed by atoms with Crippen LogP contribution in [0.5, 0.6) is 17.2 Å². The highest BCUT2D eigenvalue weighted by Crippen LogP contribution is 2.43. The largest absolute Gasteiger partial charge is 0.454 e. The Labute approximate surface area is 206 Å². The molecule has 35 heavy (non-hydrogen) atoms. The Kier molecular flexibility index (Phi) is 8.96. The molecule has 4 rings (SSSR count). The van der Waals surface area contributed by atoms with Crippen LogP contribution in [-0.2, 0) is 6.42 Å². The molecule has 2 saturated carbocycles. The Bertz CT molecular complexity index is 930. The maximum absolute atomic E-state index is 15.1. The average molecular weight is 493 g/mol. The van der Waals surface area contributed by atoms with Gasteiger partial charge in [0.25, 0.3) is 0 Å². The fourth-order valence-corrected chi connectivity index (χ4v) is 6.06. The van der Waals surface area contributed by atoms with Crippen LogP contribution in [0.2, 0.25) is 0 Å². The second-order valence-corrected chi connectivity index (χ2v) is 10.3. The van der Waals surface area contributed by atoms with E-state index in [1.54, 1.807) is 0 Å². The van der Waals surface area contributed by atoms with E-state index in [9.17, 15) is 13.2 Å². The SMILES string of the molecule is CCC1CCC(C2CCC(CCc3c(F)ccc(Oc4ccc(OC(F)F)cc4)c3F)CC2)CC1. The van der Waals surface area contributed by atoms with Crippen molar-refractivity contribution in [3.8, 4) is 17.2 Å². The minimum Gasteiger partial charge on any atom is -0.454 e. The molecule has 192 valence electrons. The number of ether oxygens (including phenoxy) is 2. The molecule has 2 fully saturated rings.